The van der Waals surface area contributed by atoms with Gasteiger partial charge in [0.1, 0.15) is 0 Å². The van der Waals surface area contributed by atoms with Gasteiger partial charge >= 0.3 is 0 Å². The molecule has 0 radical (unpaired) electrons. The van der Waals surface area contributed by atoms with Crippen LogP contribution in [0.25, 0.3) is 0 Å². The second-order valence-electron chi connectivity index (χ2n) is 5.39. The maximum Gasteiger partial charge on any atom is 0.0779 e. The van der Waals surface area contributed by atoms with Crippen molar-refractivity contribution in [2.45, 2.75) is 44.9 Å². The zero-order chi connectivity index (χ0) is 13.1. The van der Waals surface area contributed by atoms with Gasteiger partial charge in [0.05, 0.1) is 30.6 Å². The van der Waals surface area contributed by atoms with Crippen LogP contribution in [0.4, 0.5) is 5.69 Å². The van der Waals surface area contributed by atoms with Crippen molar-refractivity contribution in [3.63, 3.8) is 0 Å². The molecule has 1 aliphatic heterocycles. The highest BCUT2D eigenvalue weighted by Crippen LogP contribution is 2.34. The predicted octanol–water partition coefficient (Wildman–Crippen LogP) is 1.95. The molecule has 1 aromatic heterocycles. The highest BCUT2D eigenvalue weighted by molar-refractivity contribution is 5.53. The molecule has 0 spiro atoms. The van der Waals surface area contributed by atoms with Crippen molar-refractivity contribution in [3.05, 3.63) is 24.0 Å². The summed E-state index contributed by atoms with van der Waals surface area (Å²) in [5.41, 5.74) is 2.65. The molecule has 2 aliphatic rings. The molecule has 0 amide bonds. The number of hydrogen-bond donors (Lipinski definition) is 1. The number of hydrogen-bond acceptors (Lipinski definition) is 4. The smallest absolute Gasteiger partial charge is 0.0779 e. The van der Waals surface area contributed by atoms with Crippen LogP contribution in [0, 0.1) is 0 Å². The summed E-state index contributed by atoms with van der Waals surface area (Å²) >= 11 is 0. The Kier molecular flexibility index (Phi) is 3.99. The fourth-order valence-corrected chi connectivity index (χ4v) is 3.31. The zero-order valence-corrected chi connectivity index (χ0v) is 11.6. The van der Waals surface area contributed by atoms with Gasteiger partial charge in [0.15, 0.2) is 0 Å². The minimum absolute atomic E-state index is 0.431. The van der Waals surface area contributed by atoms with Crippen molar-refractivity contribution in [2.24, 2.45) is 0 Å². The van der Waals surface area contributed by atoms with Crippen LogP contribution in [0.3, 0.4) is 0 Å². The second-order valence-corrected chi connectivity index (χ2v) is 5.39. The summed E-state index contributed by atoms with van der Waals surface area (Å²) in [5.74, 6) is 0. The number of rotatable bonds is 4. The standard InChI is InChI=1S/C15H23N3O/c1-2-16-10-12-6-7-17-11-14(12)18-8-9-19-15-5-3-4-13(15)18/h6-7,11,13,15-16H,2-5,8-10H2,1H3. The molecular weight excluding hydrogens is 238 g/mol. The Morgan fingerprint density at radius 1 is 1.47 bits per heavy atom. The number of fused-ring (bicyclic) bond motifs is 1. The molecule has 4 nitrogen and oxygen atoms in total. The lowest BCUT2D eigenvalue weighted by Crippen LogP contribution is -2.49. The van der Waals surface area contributed by atoms with Crippen LogP contribution in [-0.4, -0.2) is 36.8 Å². The van der Waals surface area contributed by atoms with E-state index in [1.807, 2.05) is 12.4 Å². The summed E-state index contributed by atoms with van der Waals surface area (Å²) < 4.78 is 5.90. The lowest BCUT2D eigenvalue weighted by molar-refractivity contribution is 0.0255. The van der Waals surface area contributed by atoms with E-state index in [0.717, 1.165) is 26.2 Å². The van der Waals surface area contributed by atoms with Crippen LogP contribution in [0.5, 0.6) is 0 Å². The number of ether oxygens (including phenoxy) is 1. The summed E-state index contributed by atoms with van der Waals surface area (Å²) in [5, 5.41) is 3.42. The predicted molar refractivity (Wildman–Crippen MR) is 76.3 cm³/mol. The maximum absolute atomic E-state index is 5.90. The van der Waals surface area contributed by atoms with Gasteiger partial charge in [0.25, 0.3) is 0 Å². The molecule has 2 heterocycles. The van der Waals surface area contributed by atoms with Crippen molar-refractivity contribution in [1.82, 2.24) is 10.3 Å². The van der Waals surface area contributed by atoms with E-state index in [9.17, 15) is 0 Å². The van der Waals surface area contributed by atoms with Gasteiger partial charge in [-0.1, -0.05) is 6.92 Å². The molecule has 19 heavy (non-hydrogen) atoms. The Balaban J connectivity index is 1.83. The average molecular weight is 261 g/mol. The Morgan fingerprint density at radius 3 is 3.32 bits per heavy atom. The van der Waals surface area contributed by atoms with Gasteiger partial charge in [-0.2, -0.15) is 0 Å². The summed E-state index contributed by atoms with van der Waals surface area (Å²) in [7, 11) is 0. The normalized spacial score (nSPS) is 26.5. The SMILES string of the molecule is CCNCc1ccncc1N1CCOC2CCCC21. The highest BCUT2D eigenvalue weighted by atomic mass is 16.5. The first-order valence-corrected chi connectivity index (χ1v) is 7.42. The van der Waals surface area contributed by atoms with Crippen molar-refractivity contribution >= 4 is 5.69 Å². The van der Waals surface area contributed by atoms with E-state index in [1.54, 1.807) is 0 Å². The Labute approximate surface area is 115 Å². The summed E-state index contributed by atoms with van der Waals surface area (Å²) in [6.45, 7) is 5.89. The first kappa shape index (κ1) is 12.9. The van der Waals surface area contributed by atoms with Crippen molar-refractivity contribution < 1.29 is 4.74 Å². The number of nitrogens with one attached hydrogen (secondary N) is 1. The number of pyridine rings is 1. The Morgan fingerprint density at radius 2 is 2.42 bits per heavy atom. The van der Waals surface area contributed by atoms with Crippen LogP contribution >= 0.6 is 0 Å². The first-order chi connectivity index (χ1) is 9.40. The first-order valence-electron chi connectivity index (χ1n) is 7.42. The van der Waals surface area contributed by atoms with Gasteiger partial charge in [-0.05, 0) is 37.4 Å². The van der Waals surface area contributed by atoms with Gasteiger partial charge in [-0.3, -0.25) is 4.98 Å². The lowest BCUT2D eigenvalue weighted by Gasteiger charge is -2.40. The third-order valence-electron chi connectivity index (χ3n) is 4.24. The summed E-state index contributed by atoms with van der Waals surface area (Å²) in [4.78, 5) is 6.86. The van der Waals surface area contributed by atoms with E-state index in [4.69, 9.17) is 4.74 Å². The lowest BCUT2D eigenvalue weighted by atomic mass is 10.1. The molecular formula is C15H23N3O. The molecule has 0 aromatic carbocycles. The van der Waals surface area contributed by atoms with Gasteiger partial charge < -0.3 is 15.0 Å². The molecule has 2 atom stereocenters. The largest absolute Gasteiger partial charge is 0.374 e. The van der Waals surface area contributed by atoms with E-state index in [0.29, 0.717) is 12.1 Å². The highest BCUT2D eigenvalue weighted by Gasteiger charge is 2.36. The molecule has 1 aromatic rings. The molecule has 1 N–H and O–H groups in total. The molecule has 0 bridgehead atoms. The topological polar surface area (TPSA) is 37.4 Å². The quantitative estimate of drug-likeness (QED) is 0.899. The Bertz CT molecular complexity index is 424. The molecule has 104 valence electrons. The van der Waals surface area contributed by atoms with E-state index < -0.39 is 0 Å². The van der Waals surface area contributed by atoms with Gasteiger partial charge in [0.2, 0.25) is 0 Å². The molecule has 3 rings (SSSR count). The van der Waals surface area contributed by atoms with E-state index >= 15 is 0 Å². The van der Waals surface area contributed by atoms with Crippen molar-refractivity contribution in [3.8, 4) is 0 Å². The number of nitrogens with zero attached hydrogens (tertiary/aromatic N) is 2. The average Bonchev–Trinajstić information content (AvgIpc) is 2.94. The van der Waals surface area contributed by atoms with Gasteiger partial charge in [-0.25, -0.2) is 0 Å². The summed E-state index contributed by atoms with van der Waals surface area (Å²) in [6, 6.07) is 2.69. The van der Waals surface area contributed by atoms with Crippen LogP contribution in [0.15, 0.2) is 18.5 Å². The minimum Gasteiger partial charge on any atom is -0.374 e. The fraction of sp³-hybridized carbons (Fsp3) is 0.667. The van der Waals surface area contributed by atoms with Gasteiger partial charge in [0, 0.05) is 19.3 Å². The third-order valence-corrected chi connectivity index (χ3v) is 4.24. The molecule has 1 saturated carbocycles. The maximum atomic E-state index is 5.90. The fourth-order valence-electron chi connectivity index (χ4n) is 3.31. The third kappa shape index (κ3) is 2.60. The number of morpholine rings is 1. The second kappa shape index (κ2) is 5.88. The molecule has 1 aliphatic carbocycles. The number of anilines is 1. The van der Waals surface area contributed by atoms with E-state index in [-0.39, 0.29) is 0 Å². The van der Waals surface area contributed by atoms with Crippen molar-refractivity contribution in [2.75, 3.05) is 24.6 Å². The number of aromatic nitrogens is 1. The monoisotopic (exact) mass is 261 g/mol. The van der Waals surface area contributed by atoms with E-state index in [2.05, 4.69) is 28.2 Å². The van der Waals surface area contributed by atoms with Crippen LogP contribution in [0.2, 0.25) is 0 Å². The minimum atomic E-state index is 0.431. The van der Waals surface area contributed by atoms with Gasteiger partial charge in [-0.15, -0.1) is 0 Å². The molecule has 1 saturated heterocycles. The van der Waals surface area contributed by atoms with Crippen molar-refractivity contribution in [1.29, 1.82) is 0 Å². The van der Waals surface area contributed by atoms with E-state index in [1.165, 1.54) is 30.5 Å². The zero-order valence-electron chi connectivity index (χ0n) is 11.6. The Hall–Kier alpha value is -1.13. The van der Waals surface area contributed by atoms with Crippen LogP contribution < -0.4 is 10.2 Å². The van der Waals surface area contributed by atoms with Crippen LogP contribution in [-0.2, 0) is 11.3 Å². The molecule has 2 unspecified atom stereocenters. The molecule has 4 heteroatoms. The van der Waals surface area contributed by atoms with Crippen LogP contribution in [0.1, 0.15) is 31.7 Å². The molecule has 2 fully saturated rings. The summed E-state index contributed by atoms with van der Waals surface area (Å²) in [6.07, 6.45) is 8.09.